The van der Waals surface area contributed by atoms with E-state index in [2.05, 4.69) is 131 Å². The molecule has 4 nitrogen and oxygen atoms in total. The smallest absolute Gasteiger partial charge is 0.121 e. The Morgan fingerprint density at radius 2 is 1.51 bits per heavy atom. The molecule has 9 rings (SSSR count). The van der Waals surface area contributed by atoms with Crippen molar-refractivity contribution >= 4 is 70.1 Å². The molecule has 53 heavy (non-hydrogen) atoms. The summed E-state index contributed by atoms with van der Waals surface area (Å²) >= 11 is 0. The molecular formula is C45H42FIrN3OSi2-2. The minimum absolute atomic E-state index is 0. The number of halogens is 1. The number of hydrogen-bond acceptors (Lipinski definition) is 4. The maximum atomic E-state index is 12.8. The van der Waals surface area contributed by atoms with E-state index in [0.29, 0.717) is 0 Å². The van der Waals surface area contributed by atoms with Gasteiger partial charge in [-0.15, -0.1) is 48.0 Å². The Morgan fingerprint density at radius 3 is 2.25 bits per heavy atom. The van der Waals surface area contributed by atoms with Crippen LogP contribution in [-0.4, -0.2) is 31.1 Å². The Kier molecular flexibility index (Phi) is 9.65. The second kappa shape index (κ2) is 13.8. The zero-order valence-corrected chi connectivity index (χ0v) is 35.6. The molecule has 0 N–H and O–H groups in total. The number of hydrogen-bond donors (Lipinski definition) is 0. The Morgan fingerprint density at radius 1 is 0.736 bits per heavy atom. The molecule has 0 unspecified atom stereocenters. The van der Waals surface area contributed by atoms with Gasteiger partial charge in [-0.25, -0.2) is 0 Å². The molecule has 269 valence electrons. The summed E-state index contributed by atoms with van der Waals surface area (Å²) in [7, 11) is -3.06. The van der Waals surface area contributed by atoms with Crippen LogP contribution in [0.15, 0.2) is 108 Å². The van der Waals surface area contributed by atoms with E-state index >= 15 is 0 Å². The largest absolute Gasteiger partial charge is 0.501 e. The van der Waals surface area contributed by atoms with E-state index in [1.165, 1.54) is 61.8 Å². The molecule has 8 aromatic rings. The predicted octanol–water partition coefficient (Wildman–Crippen LogP) is 11.0. The summed E-state index contributed by atoms with van der Waals surface area (Å²) in [6, 6.07) is 38.9. The van der Waals surface area contributed by atoms with Gasteiger partial charge < -0.3 is 9.40 Å². The summed E-state index contributed by atoms with van der Waals surface area (Å²) in [5.41, 5.74) is 5.50. The molecule has 0 fully saturated rings. The maximum Gasteiger partial charge on any atom is 0.121 e. The number of aromatic nitrogens is 3. The van der Waals surface area contributed by atoms with Gasteiger partial charge in [0.25, 0.3) is 0 Å². The van der Waals surface area contributed by atoms with Crippen molar-refractivity contribution < 1.29 is 28.9 Å². The van der Waals surface area contributed by atoms with Gasteiger partial charge in [0.1, 0.15) is 13.7 Å². The minimum atomic E-state index is -1.58. The van der Waals surface area contributed by atoms with E-state index in [0.717, 1.165) is 44.6 Å². The maximum absolute atomic E-state index is 12.8. The predicted molar refractivity (Wildman–Crippen MR) is 220 cm³/mol. The van der Waals surface area contributed by atoms with Gasteiger partial charge in [-0.2, -0.15) is 0 Å². The Hall–Kier alpha value is -4.34. The molecule has 1 aliphatic rings. The number of rotatable bonds is 2. The van der Waals surface area contributed by atoms with Crippen LogP contribution in [0.2, 0.25) is 38.3 Å². The molecule has 0 aliphatic carbocycles. The molecule has 1 radical (unpaired) electrons. The van der Waals surface area contributed by atoms with Crippen LogP contribution in [0.5, 0.6) is 0 Å². The molecule has 8 heteroatoms. The summed E-state index contributed by atoms with van der Waals surface area (Å²) < 4.78 is 19.3. The average molecular weight is 908 g/mol. The van der Waals surface area contributed by atoms with Crippen molar-refractivity contribution in [2.45, 2.75) is 64.5 Å². The van der Waals surface area contributed by atoms with Gasteiger partial charge in [0, 0.05) is 49.0 Å². The van der Waals surface area contributed by atoms with Crippen LogP contribution in [0, 0.1) is 17.9 Å². The van der Waals surface area contributed by atoms with Gasteiger partial charge in [-0.05, 0) is 55.5 Å². The molecule has 0 bridgehead atoms. The first-order valence-electron chi connectivity index (χ1n) is 18.0. The fourth-order valence-corrected chi connectivity index (χ4v) is 17.2. The third-order valence-corrected chi connectivity index (χ3v) is 18.0. The van der Waals surface area contributed by atoms with Crippen LogP contribution in [0.25, 0.3) is 66.1 Å². The van der Waals surface area contributed by atoms with E-state index in [9.17, 15) is 4.39 Å². The first kappa shape index (κ1) is 37.0. The van der Waals surface area contributed by atoms with Gasteiger partial charge in [0.05, 0.1) is 19.5 Å². The van der Waals surface area contributed by atoms with Gasteiger partial charge in [-0.3, -0.25) is 14.4 Å². The average Bonchev–Trinajstić information content (AvgIpc) is 3.50. The van der Waals surface area contributed by atoms with E-state index < -0.39 is 16.1 Å². The van der Waals surface area contributed by atoms with Gasteiger partial charge >= 0.3 is 0 Å². The first-order valence-corrected chi connectivity index (χ1v) is 24.4. The number of pyridine rings is 1. The first-order chi connectivity index (χ1) is 24.8. The Balaban J connectivity index is 0.000000205. The van der Waals surface area contributed by atoms with Crippen molar-refractivity contribution in [3.8, 4) is 22.6 Å². The molecule has 1 aliphatic heterocycles. The van der Waals surface area contributed by atoms with Crippen LogP contribution in [0.1, 0.15) is 26.3 Å². The van der Waals surface area contributed by atoms with Crippen LogP contribution < -0.4 is 10.5 Å². The zero-order valence-electron chi connectivity index (χ0n) is 31.2. The number of benzene rings is 5. The van der Waals surface area contributed by atoms with Gasteiger partial charge in [-0.1, -0.05) is 119 Å². The van der Waals surface area contributed by atoms with Crippen molar-refractivity contribution in [2.75, 3.05) is 0 Å². The fourth-order valence-electron chi connectivity index (χ4n) is 7.36. The normalized spacial score (nSPS) is 14.8. The molecule has 0 atom stereocenters. The van der Waals surface area contributed by atoms with Crippen molar-refractivity contribution in [1.82, 2.24) is 15.0 Å². The van der Waals surface area contributed by atoms with Gasteiger partial charge in [0.15, 0.2) is 0 Å². The molecule has 0 spiro atoms. The van der Waals surface area contributed by atoms with Crippen molar-refractivity contribution in [2.24, 2.45) is 0 Å². The number of nitrogens with zero attached hydrogens (tertiary/aromatic N) is 3. The van der Waals surface area contributed by atoms with Crippen LogP contribution in [0.4, 0.5) is 4.39 Å². The quantitative estimate of drug-likeness (QED) is 0.0985. The summed E-state index contributed by atoms with van der Waals surface area (Å²) in [5, 5.41) is 9.95. The number of fused-ring (bicyclic) bond motifs is 7. The summed E-state index contributed by atoms with van der Waals surface area (Å²) in [6.45, 7) is 16.3. The summed E-state index contributed by atoms with van der Waals surface area (Å²) in [4.78, 5) is 14.5. The molecule has 5 aromatic carbocycles. The second-order valence-corrected chi connectivity index (χ2v) is 25.9. The minimum Gasteiger partial charge on any atom is -0.501 e. The second-order valence-electron chi connectivity index (χ2n) is 16.4. The van der Waals surface area contributed by atoms with E-state index in [1.54, 1.807) is 6.07 Å². The van der Waals surface area contributed by atoms with Crippen LogP contribution in [0.3, 0.4) is 0 Å². The van der Waals surface area contributed by atoms with E-state index in [4.69, 9.17) is 14.4 Å². The fraction of sp³-hybridized carbons (Fsp3) is 0.222. The monoisotopic (exact) mass is 908 g/mol. The van der Waals surface area contributed by atoms with Crippen LogP contribution in [-0.2, 0) is 25.5 Å². The van der Waals surface area contributed by atoms with Gasteiger partial charge in [0.2, 0.25) is 0 Å². The molecule has 0 saturated carbocycles. The van der Waals surface area contributed by atoms with E-state index in [1.807, 2.05) is 18.3 Å². The molecular weight excluding hydrogens is 866 g/mol. The van der Waals surface area contributed by atoms with Crippen molar-refractivity contribution in [1.29, 1.82) is 0 Å². The Labute approximate surface area is 326 Å². The van der Waals surface area contributed by atoms with Crippen LogP contribution >= 0.6 is 0 Å². The summed E-state index contributed by atoms with van der Waals surface area (Å²) in [6.07, 6.45) is 4.00. The standard InChI is InChI=1S/C30H27N2OSi2.C15H15FN.Ir/c1-34(2)14-15-35(3,4)30-27(34)18-31-29(32-30)23-11-7-10-22-25-16-20-13-12-19-8-5-6-9-21(19)24(20)17-26(25)33-28(22)23;1-15(2,3)12-6-9-14(17-10-12)11-4-7-13(16)8-5-11;/h5-10,12-13,16-18H,14-15H2,1-4H3;4,6-10H,1-3H3;/q2*-1;. The topological polar surface area (TPSA) is 51.8 Å². The molecule has 3 aromatic heterocycles. The third kappa shape index (κ3) is 6.94. The molecule has 0 saturated heterocycles. The Bertz CT molecular complexity index is 2630. The molecule has 0 amide bonds. The van der Waals surface area contributed by atoms with Crippen molar-refractivity contribution in [3.05, 3.63) is 127 Å². The number of furan rings is 1. The van der Waals surface area contributed by atoms with Crippen molar-refractivity contribution in [3.63, 3.8) is 0 Å². The van der Waals surface area contributed by atoms with E-state index in [-0.39, 0.29) is 31.3 Å². The molecule has 4 heterocycles. The zero-order chi connectivity index (χ0) is 36.4. The SMILES string of the molecule is CC(C)(C)c1ccc(-c2[c-]cc(F)cc2)nc1.C[Si]1(C)CC[Si](C)(C)c2nc(-c3[c-]ccc4c3oc3cc5c(ccc6ccccc65)cc34)ncc21.[Ir]. The third-order valence-electron chi connectivity index (χ3n) is 10.7. The summed E-state index contributed by atoms with van der Waals surface area (Å²) in [5.74, 6) is 0.468.